The summed E-state index contributed by atoms with van der Waals surface area (Å²) in [4.78, 5) is 26.0. The molecule has 28 heavy (non-hydrogen) atoms. The molecular weight excluding hydrogens is 361 g/mol. The summed E-state index contributed by atoms with van der Waals surface area (Å²) in [5.74, 6) is -0.566. The maximum absolute atomic E-state index is 14.0. The summed E-state index contributed by atoms with van der Waals surface area (Å²) in [6, 6.07) is 4.74. The van der Waals surface area contributed by atoms with E-state index in [0.717, 1.165) is 29.5 Å². The Morgan fingerprint density at radius 3 is 2.61 bits per heavy atom. The topological polar surface area (TPSA) is 55.8 Å². The number of rotatable bonds is 6. The zero-order valence-electron chi connectivity index (χ0n) is 16.6. The van der Waals surface area contributed by atoms with Gasteiger partial charge in [-0.25, -0.2) is 9.18 Å². The Morgan fingerprint density at radius 2 is 1.93 bits per heavy atom. The van der Waals surface area contributed by atoms with Gasteiger partial charge in [-0.3, -0.25) is 4.79 Å². The van der Waals surface area contributed by atoms with Gasteiger partial charge in [0.2, 0.25) is 0 Å². The lowest BCUT2D eigenvalue weighted by molar-refractivity contribution is -0.141. The highest BCUT2D eigenvalue weighted by molar-refractivity contribution is 5.89. The Hall–Kier alpha value is -2.37. The van der Waals surface area contributed by atoms with Crippen molar-refractivity contribution in [3.8, 4) is 0 Å². The minimum atomic E-state index is -0.348. The number of allylic oxidation sites excluding steroid dienone is 1. The molecule has 1 amide bonds. The summed E-state index contributed by atoms with van der Waals surface area (Å²) < 4.78 is 24.4. The first-order chi connectivity index (χ1) is 13.5. The molecule has 1 saturated heterocycles. The molecule has 0 atom stereocenters. The first kappa shape index (κ1) is 20.4. The van der Waals surface area contributed by atoms with Gasteiger partial charge in [0.05, 0.1) is 19.6 Å². The van der Waals surface area contributed by atoms with Crippen LogP contribution in [0, 0.1) is 5.82 Å². The maximum Gasteiger partial charge on any atom is 0.409 e. The third-order valence-corrected chi connectivity index (χ3v) is 5.59. The maximum atomic E-state index is 14.0. The minimum Gasteiger partial charge on any atom is -0.466 e. The lowest BCUT2D eigenvalue weighted by Crippen LogP contribution is -2.44. The summed E-state index contributed by atoms with van der Waals surface area (Å²) >= 11 is 0. The molecule has 1 aromatic rings. The molecule has 6 heteroatoms. The number of carbonyl (C=O) groups excluding carboxylic acids is 2. The van der Waals surface area contributed by atoms with Crippen LogP contribution in [0.4, 0.5) is 9.18 Å². The van der Waals surface area contributed by atoms with Gasteiger partial charge in [0.25, 0.3) is 0 Å². The van der Waals surface area contributed by atoms with Crippen molar-refractivity contribution in [3.63, 3.8) is 0 Å². The minimum absolute atomic E-state index is 0.178. The average Bonchev–Trinajstić information content (AvgIpc) is 2.95. The number of piperidine rings is 1. The van der Waals surface area contributed by atoms with Gasteiger partial charge in [0, 0.05) is 18.5 Å². The molecule has 3 rings (SSSR count). The normalized spacial score (nSPS) is 17.2. The number of amides is 1. The predicted molar refractivity (Wildman–Crippen MR) is 104 cm³/mol. The molecule has 5 nitrogen and oxygen atoms in total. The molecule has 2 aliphatic rings. The van der Waals surface area contributed by atoms with Crippen LogP contribution in [0.5, 0.6) is 0 Å². The second-order valence-corrected chi connectivity index (χ2v) is 7.45. The van der Waals surface area contributed by atoms with Crippen molar-refractivity contribution in [1.82, 2.24) is 4.90 Å². The average molecular weight is 389 g/mol. The molecule has 0 unspecified atom stereocenters. The van der Waals surface area contributed by atoms with Crippen LogP contribution in [-0.4, -0.2) is 43.3 Å². The highest BCUT2D eigenvalue weighted by Gasteiger charge is 2.42. The number of carbonyl (C=O) groups is 2. The second-order valence-electron chi connectivity index (χ2n) is 7.45. The standard InChI is InChI=1S/C22H28FNO4/c1-3-5-12-28-21(26)24-10-8-22(9-11-24)15-16(13-20(25)27-4-2)18-7-6-17(23)14-19(18)22/h6-7,14-15H,3-5,8-13H2,1-2H3. The fraction of sp³-hybridized carbons (Fsp3) is 0.545. The zero-order chi connectivity index (χ0) is 20.1. The summed E-state index contributed by atoms with van der Waals surface area (Å²) in [5.41, 5.74) is 2.35. The van der Waals surface area contributed by atoms with E-state index in [0.29, 0.717) is 39.1 Å². The number of ether oxygens (including phenoxy) is 2. The summed E-state index contributed by atoms with van der Waals surface area (Å²) in [6.45, 7) is 5.70. The molecule has 152 valence electrons. The Bertz CT molecular complexity index is 766. The van der Waals surface area contributed by atoms with Gasteiger partial charge in [-0.1, -0.05) is 25.5 Å². The van der Waals surface area contributed by atoms with E-state index in [9.17, 15) is 14.0 Å². The van der Waals surface area contributed by atoms with Crippen LogP contribution in [0.15, 0.2) is 24.3 Å². The largest absolute Gasteiger partial charge is 0.466 e. The number of nitrogens with zero attached hydrogens (tertiary/aromatic N) is 1. The summed E-state index contributed by atoms with van der Waals surface area (Å²) in [6.07, 6.45) is 5.18. The van der Waals surface area contributed by atoms with Crippen molar-refractivity contribution < 1.29 is 23.5 Å². The molecule has 0 N–H and O–H groups in total. The van der Waals surface area contributed by atoms with Gasteiger partial charge >= 0.3 is 12.1 Å². The van der Waals surface area contributed by atoms with E-state index >= 15 is 0 Å². The van der Waals surface area contributed by atoms with Gasteiger partial charge in [0.15, 0.2) is 0 Å². The Balaban J connectivity index is 1.76. The molecular formula is C22H28FNO4. The molecule has 1 aromatic carbocycles. The van der Waals surface area contributed by atoms with E-state index in [1.165, 1.54) is 6.07 Å². The van der Waals surface area contributed by atoms with Crippen LogP contribution >= 0.6 is 0 Å². The second kappa shape index (κ2) is 8.76. The van der Waals surface area contributed by atoms with Crippen molar-refractivity contribution in [3.05, 3.63) is 41.2 Å². The van der Waals surface area contributed by atoms with Crippen molar-refractivity contribution in [2.24, 2.45) is 0 Å². The Labute approximate surface area is 165 Å². The number of benzene rings is 1. The van der Waals surface area contributed by atoms with E-state index in [1.807, 2.05) is 0 Å². The molecule has 0 saturated carbocycles. The van der Waals surface area contributed by atoms with E-state index in [4.69, 9.17) is 9.47 Å². The lowest BCUT2D eigenvalue weighted by Gasteiger charge is -2.38. The number of hydrogen-bond donors (Lipinski definition) is 0. The number of esters is 1. The van der Waals surface area contributed by atoms with E-state index in [1.54, 1.807) is 24.0 Å². The van der Waals surface area contributed by atoms with Crippen LogP contribution in [0.3, 0.4) is 0 Å². The SMILES string of the molecule is CCCCOC(=O)N1CCC2(C=C(CC(=O)OCC)c3ccc(F)cc32)CC1. The van der Waals surface area contributed by atoms with Gasteiger partial charge < -0.3 is 14.4 Å². The van der Waals surface area contributed by atoms with Crippen LogP contribution in [0.2, 0.25) is 0 Å². The van der Waals surface area contributed by atoms with Crippen molar-refractivity contribution in [2.45, 2.75) is 51.4 Å². The molecule has 1 aliphatic carbocycles. The smallest absolute Gasteiger partial charge is 0.409 e. The highest BCUT2D eigenvalue weighted by Crippen LogP contribution is 2.48. The van der Waals surface area contributed by atoms with Gasteiger partial charge in [-0.05, 0) is 55.0 Å². The van der Waals surface area contributed by atoms with Crippen molar-refractivity contribution in [1.29, 1.82) is 0 Å². The monoisotopic (exact) mass is 389 g/mol. The Morgan fingerprint density at radius 1 is 1.18 bits per heavy atom. The number of likely N-dealkylation sites (tertiary alicyclic amines) is 1. The highest BCUT2D eigenvalue weighted by atomic mass is 19.1. The van der Waals surface area contributed by atoms with Crippen molar-refractivity contribution >= 4 is 17.6 Å². The van der Waals surface area contributed by atoms with Crippen LogP contribution < -0.4 is 0 Å². The van der Waals surface area contributed by atoms with Gasteiger partial charge in [-0.2, -0.15) is 0 Å². The first-order valence-corrected chi connectivity index (χ1v) is 10.1. The summed E-state index contributed by atoms with van der Waals surface area (Å²) in [5, 5.41) is 0. The summed E-state index contributed by atoms with van der Waals surface area (Å²) in [7, 11) is 0. The third-order valence-electron chi connectivity index (χ3n) is 5.59. The number of halogens is 1. The van der Waals surface area contributed by atoms with Crippen molar-refractivity contribution in [2.75, 3.05) is 26.3 Å². The third kappa shape index (κ3) is 4.21. The number of hydrogen-bond acceptors (Lipinski definition) is 4. The first-order valence-electron chi connectivity index (χ1n) is 10.1. The van der Waals surface area contributed by atoms with Gasteiger partial charge in [0.1, 0.15) is 5.82 Å². The number of unbranched alkanes of at least 4 members (excludes halogenated alkanes) is 1. The molecule has 0 radical (unpaired) electrons. The fourth-order valence-corrected chi connectivity index (χ4v) is 4.11. The van der Waals surface area contributed by atoms with Crippen LogP contribution in [0.25, 0.3) is 5.57 Å². The Kier molecular flexibility index (Phi) is 6.37. The van der Waals surface area contributed by atoms with Crippen LogP contribution in [0.1, 0.15) is 57.1 Å². The number of fused-ring (bicyclic) bond motifs is 2. The molecule has 0 aromatic heterocycles. The lowest BCUT2D eigenvalue weighted by atomic mass is 9.74. The molecule has 1 spiro atoms. The van der Waals surface area contributed by atoms with Crippen LogP contribution in [-0.2, 0) is 19.7 Å². The van der Waals surface area contributed by atoms with E-state index in [2.05, 4.69) is 13.0 Å². The molecule has 0 bridgehead atoms. The quantitative estimate of drug-likeness (QED) is 0.533. The van der Waals surface area contributed by atoms with Gasteiger partial charge in [-0.15, -0.1) is 0 Å². The molecule has 1 heterocycles. The predicted octanol–water partition coefficient (Wildman–Crippen LogP) is 4.45. The van der Waals surface area contributed by atoms with E-state index in [-0.39, 0.29) is 29.7 Å². The molecule has 1 fully saturated rings. The van der Waals surface area contributed by atoms with E-state index < -0.39 is 0 Å². The fourth-order valence-electron chi connectivity index (χ4n) is 4.11. The molecule has 1 aliphatic heterocycles. The zero-order valence-corrected chi connectivity index (χ0v) is 16.6.